The molecule has 1 rings (SSSR count). The molecule has 0 bridgehead atoms. The van der Waals surface area contributed by atoms with Crippen molar-refractivity contribution in [3.05, 3.63) is 11.3 Å². The molecule has 0 atom stereocenters. The zero-order valence-electron chi connectivity index (χ0n) is 8.96. The number of nitrogen functional groups attached to an aromatic ring is 1. The van der Waals surface area contributed by atoms with Crippen molar-refractivity contribution in [2.75, 3.05) is 24.3 Å². The molecule has 1 amide bonds. The molecular formula is C9H16N4OS. The van der Waals surface area contributed by atoms with Gasteiger partial charge < -0.3 is 11.1 Å². The van der Waals surface area contributed by atoms with Gasteiger partial charge in [0.25, 0.3) is 5.91 Å². The maximum Gasteiger partial charge on any atom is 0.256 e. The van der Waals surface area contributed by atoms with Crippen LogP contribution in [0, 0.1) is 6.92 Å². The number of hydrogen-bond donors (Lipinski definition) is 3. The molecule has 0 fully saturated rings. The number of aromatic amines is 1. The van der Waals surface area contributed by atoms with Crippen molar-refractivity contribution in [2.24, 2.45) is 0 Å². The highest BCUT2D eigenvalue weighted by Crippen LogP contribution is 2.11. The maximum atomic E-state index is 11.7. The first-order chi connectivity index (χ1) is 7.16. The molecule has 6 heteroatoms. The molecule has 0 spiro atoms. The molecule has 0 aromatic carbocycles. The summed E-state index contributed by atoms with van der Waals surface area (Å²) in [4.78, 5) is 11.7. The average Bonchev–Trinajstić information content (AvgIpc) is 2.53. The van der Waals surface area contributed by atoms with Crippen LogP contribution in [0.1, 0.15) is 22.5 Å². The van der Waals surface area contributed by atoms with Crippen molar-refractivity contribution >= 4 is 23.5 Å². The van der Waals surface area contributed by atoms with Crippen LogP contribution in [-0.4, -0.2) is 34.7 Å². The standard InChI is InChI=1S/C9H16N4OS/c1-6-7(8(10)13-12-6)9(14)11-4-3-5-15-2/h3-5H2,1-2H3,(H,11,14)(H3,10,12,13). The van der Waals surface area contributed by atoms with Gasteiger partial charge in [-0.05, 0) is 25.4 Å². The highest BCUT2D eigenvalue weighted by Gasteiger charge is 2.14. The van der Waals surface area contributed by atoms with Crippen LogP contribution >= 0.6 is 11.8 Å². The van der Waals surface area contributed by atoms with E-state index in [4.69, 9.17) is 5.73 Å². The molecule has 0 saturated heterocycles. The number of carbonyl (C=O) groups excluding carboxylic acids is 1. The number of nitrogens with zero attached hydrogens (tertiary/aromatic N) is 1. The van der Waals surface area contributed by atoms with E-state index in [1.54, 1.807) is 18.7 Å². The lowest BCUT2D eigenvalue weighted by atomic mass is 10.2. The van der Waals surface area contributed by atoms with Gasteiger partial charge in [0.15, 0.2) is 5.82 Å². The molecule has 1 heterocycles. The summed E-state index contributed by atoms with van der Waals surface area (Å²) < 4.78 is 0. The van der Waals surface area contributed by atoms with Crippen molar-refractivity contribution < 1.29 is 4.79 Å². The number of carbonyl (C=O) groups is 1. The third kappa shape index (κ3) is 3.16. The van der Waals surface area contributed by atoms with Crippen LogP contribution in [0.15, 0.2) is 0 Å². The Hall–Kier alpha value is -1.17. The fraction of sp³-hybridized carbons (Fsp3) is 0.556. The number of aryl methyl sites for hydroxylation is 1. The van der Waals surface area contributed by atoms with Crippen LogP contribution in [0.2, 0.25) is 0 Å². The molecule has 1 aromatic heterocycles. The Kier molecular flexibility index (Phi) is 4.48. The van der Waals surface area contributed by atoms with Crippen LogP contribution in [0.5, 0.6) is 0 Å². The van der Waals surface area contributed by atoms with Crippen molar-refractivity contribution in [3.8, 4) is 0 Å². The van der Waals surface area contributed by atoms with Gasteiger partial charge in [0.1, 0.15) is 5.56 Å². The van der Waals surface area contributed by atoms with Crippen LogP contribution in [0.3, 0.4) is 0 Å². The Morgan fingerprint density at radius 1 is 1.67 bits per heavy atom. The summed E-state index contributed by atoms with van der Waals surface area (Å²) in [6.45, 7) is 2.45. The van der Waals surface area contributed by atoms with Gasteiger partial charge in [0, 0.05) is 12.2 Å². The Labute approximate surface area is 93.2 Å². The van der Waals surface area contributed by atoms with Crippen molar-refractivity contribution in [2.45, 2.75) is 13.3 Å². The van der Waals surface area contributed by atoms with E-state index in [-0.39, 0.29) is 11.7 Å². The molecule has 0 aliphatic rings. The number of rotatable bonds is 5. The van der Waals surface area contributed by atoms with E-state index in [0.717, 1.165) is 12.2 Å². The minimum Gasteiger partial charge on any atom is -0.382 e. The number of nitrogens with one attached hydrogen (secondary N) is 2. The van der Waals surface area contributed by atoms with Crippen LogP contribution in [0.4, 0.5) is 5.82 Å². The van der Waals surface area contributed by atoms with E-state index in [9.17, 15) is 4.79 Å². The fourth-order valence-corrected chi connectivity index (χ4v) is 1.67. The number of aromatic nitrogens is 2. The first kappa shape index (κ1) is 11.9. The lowest BCUT2D eigenvalue weighted by Gasteiger charge is -2.03. The molecule has 1 aromatic rings. The van der Waals surface area contributed by atoms with Gasteiger partial charge >= 0.3 is 0 Å². The van der Waals surface area contributed by atoms with E-state index in [2.05, 4.69) is 15.5 Å². The molecule has 15 heavy (non-hydrogen) atoms. The highest BCUT2D eigenvalue weighted by atomic mass is 32.2. The second-order valence-corrected chi connectivity index (χ2v) is 4.20. The van der Waals surface area contributed by atoms with Crippen LogP contribution in [0.25, 0.3) is 0 Å². The van der Waals surface area contributed by atoms with Crippen LogP contribution in [-0.2, 0) is 0 Å². The summed E-state index contributed by atoms with van der Waals surface area (Å²) >= 11 is 1.76. The number of thioether (sulfide) groups is 1. The fourth-order valence-electron chi connectivity index (χ4n) is 1.24. The summed E-state index contributed by atoms with van der Waals surface area (Å²) in [7, 11) is 0. The van der Waals surface area contributed by atoms with Crippen molar-refractivity contribution in [1.29, 1.82) is 0 Å². The zero-order valence-corrected chi connectivity index (χ0v) is 9.78. The summed E-state index contributed by atoms with van der Waals surface area (Å²) in [5.74, 6) is 1.15. The van der Waals surface area contributed by atoms with Gasteiger partial charge in [0.05, 0.1) is 0 Å². The number of amides is 1. The van der Waals surface area contributed by atoms with Crippen LogP contribution < -0.4 is 11.1 Å². The van der Waals surface area contributed by atoms with E-state index >= 15 is 0 Å². The van der Waals surface area contributed by atoms with Crippen molar-refractivity contribution in [3.63, 3.8) is 0 Å². The van der Waals surface area contributed by atoms with Gasteiger partial charge in [-0.1, -0.05) is 0 Å². The lowest BCUT2D eigenvalue weighted by molar-refractivity contribution is 0.0954. The summed E-state index contributed by atoms with van der Waals surface area (Å²) in [5, 5.41) is 9.26. The largest absolute Gasteiger partial charge is 0.382 e. The van der Waals surface area contributed by atoms with E-state index in [1.807, 2.05) is 6.26 Å². The van der Waals surface area contributed by atoms with Gasteiger partial charge in [-0.25, -0.2) is 0 Å². The monoisotopic (exact) mass is 228 g/mol. The Balaban J connectivity index is 2.47. The van der Waals surface area contributed by atoms with E-state index < -0.39 is 0 Å². The third-order valence-electron chi connectivity index (χ3n) is 2.01. The first-order valence-electron chi connectivity index (χ1n) is 4.74. The Bertz CT molecular complexity index is 317. The number of nitrogens with two attached hydrogens (primary N) is 1. The van der Waals surface area contributed by atoms with Crippen molar-refractivity contribution in [1.82, 2.24) is 15.5 Å². The topological polar surface area (TPSA) is 83.8 Å². The number of H-pyrrole nitrogens is 1. The summed E-state index contributed by atoms with van der Waals surface area (Å²) in [5.41, 5.74) is 6.73. The molecule has 0 aliphatic heterocycles. The van der Waals surface area contributed by atoms with Gasteiger partial charge in [-0.3, -0.25) is 9.89 Å². The quantitative estimate of drug-likeness (QED) is 0.650. The predicted octanol–water partition coefficient (Wildman–Crippen LogP) is 0.783. The molecular weight excluding hydrogens is 212 g/mol. The van der Waals surface area contributed by atoms with Gasteiger partial charge in [0.2, 0.25) is 0 Å². The molecule has 4 N–H and O–H groups in total. The smallest absolute Gasteiger partial charge is 0.256 e. The highest BCUT2D eigenvalue weighted by molar-refractivity contribution is 7.98. The summed E-state index contributed by atoms with van der Waals surface area (Å²) in [6.07, 6.45) is 3.00. The third-order valence-corrected chi connectivity index (χ3v) is 2.71. The molecule has 0 radical (unpaired) electrons. The Morgan fingerprint density at radius 3 is 2.93 bits per heavy atom. The predicted molar refractivity (Wildman–Crippen MR) is 63.1 cm³/mol. The Morgan fingerprint density at radius 2 is 2.40 bits per heavy atom. The first-order valence-corrected chi connectivity index (χ1v) is 6.13. The second kappa shape index (κ2) is 5.65. The average molecular weight is 228 g/mol. The normalized spacial score (nSPS) is 10.3. The van der Waals surface area contributed by atoms with E-state index in [1.165, 1.54) is 0 Å². The SMILES string of the molecule is CSCCCNC(=O)c1c(N)n[nH]c1C. The molecule has 0 aliphatic carbocycles. The van der Waals surface area contributed by atoms with Gasteiger partial charge in [-0.2, -0.15) is 16.9 Å². The number of hydrogen-bond acceptors (Lipinski definition) is 4. The molecule has 5 nitrogen and oxygen atoms in total. The molecule has 84 valence electrons. The minimum atomic E-state index is -0.153. The maximum absolute atomic E-state index is 11.7. The minimum absolute atomic E-state index is 0.153. The van der Waals surface area contributed by atoms with Gasteiger partial charge in [-0.15, -0.1) is 0 Å². The number of anilines is 1. The summed E-state index contributed by atoms with van der Waals surface area (Å²) in [6, 6.07) is 0. The zero-order chi connectivity index (χ0) is 11.3. The molecule has 0 unspecified atom stereocenters. The molecule has 0 saturated carbocycles. The second-order valence-electron chi connectivity index (χ2n) is 3.21. The van der Waals surface area contributed by atoms with E-state index in [0.29, 0.717) is 17.8 Å². The lowest BCUT2D eigenvalue weighted by Crippen LogP contribution is -2.25.